The summed E-state index contributed by atoms with van der Waals surface area (Å²) in [6.07, 6.45) is -4.91. The molecular formula is C13H15F3N2O2. The third kappa shape index (κ3) is 2.45. The minimum atomic E-state index is -4.62. The standard InChI is InChI=1S/C13H15F3N2O2/c1-8-2-3-9(6-10(8)19)18-11(20)12(13(14,15)16)4-5-17-7-12/h2-3,6,17,19H,4-5,7H2,1H3,(H,18,20). The summed E-state index contributed by atoms with van der Waals surface area (Å²) in [5, 5.41) is 14.3. The maximum Gasteiger partial charge on any atom is 0.404 e. The molecule has 1 unspecified atom stereocenters. The number of anilines is 1. The molecule has 1 fully saturated rings. The highest BCUT2D eigenvalue weighted by atomic mass is 19.4. The van der Waals surface area contributed by atoms with E-state index in [1.165, 1.54) is 18.2 Å². The third-order valence-electron chi connectivity index (χ3n) is 3.60. The summed E-state index contributed by atoms with van der Waals surface area (Å²) >= 11 is 0. The lowest BCUT2D eigenvalue weighted by Crippen LogP contribution is -2.49. The van der Waals surface area contributed by atoms with Crippen LogP contribution in [0, 0.1) is 12.3 Å². The van der Waals surface area contributed by atoms with Gasteiger partial charge in [0.05, 0.1) is 0 Å². The summed E-state index contributed by atoms with van der Waals surface area (Å²) in [7, 11) is 0. The molecule has 0 spiro atoms. The van der Waals surface area contributed by atoms with Gasteiger partial charge < -0.3 is 15.7 Å². The lowest BCUT2D eigenvalue weighted by atomic mass is 9.85. The van der Waals surface area contributed by atoms with E-state index in [-0.39, 0.29) is 24.4 Å². The van der Waals surface area contributed by atoms with Crippen LogP contribution in [0.4, 0.5) is 18.9 Å². The first-order chi connectivity index (χ1) is 9.26. The van der Waals surface area contributed by atoms with Crippen LogP contribution in [-0.4, -0.2) is 30.3 Å². The Bertz CT molecular complexity index is 523. The Kier molecular flexibility index (Phi) is 3.64. The summed E-state index contributed by atoms with van der Waals surface area (Å²) in [6.45, 7) is 1.37. The van der Waals surface area contributed by atoms with Gasteiger partial charge in [-0.2, -0.15) is 13.2 Å². The summed E-state index contributed by atoms with van der Waals surface area (Å²) in [5.41, 5.74) is -1.68. The summed E-state index contributed by atoms with van der Waals surface area (Å²) in [6, 6.07) is 4.22. The molecule has 0 aromatic heterocycles. The Balaban J connectivity index is 2.23. The number of carbonyl (C=O) groups excluding carboxylic acids is 1. The topological polar surface area (TPSA) is 61.4 Å². The summed E-state index contributed by atoms with van der Waals surface area (Å²) < 4.78 is 39.5. The van der Waals surface area contributed by atoms with Gasteiger partial charge in [0.1, 0.15) is 5.75 Å². The van der Waals surface area contributed by atoms with Gasteiger partial charge in [-0.15, -0.1) is 0 Å². The lowest BCUT2D eigenvalue weighted by Gasteiger charge is -2.29. The molecule has 0 bridgehead atoms. The van der Waals surface area contributed by atoms with Crippen molar-refractivity contribution in [1.82, 2.24) is 5.32 Å². The molecule has 0 radical (unpaired) electrons. The number of hydrogen-bond acceptors (Lipinski definition) is 3. The number of aromatic hydroxyl groups is 1. The van der Waals surface area contributed by atoms with Gasteiger partial charge in [0.15, 0.2) is 5.41 Å². The van der Waals surface area contributed by atoms with E-state index in [1.54, 1.807) is 6.92 Å². The second-order valence-corrected chi connectivity index (χ2v) is 4.96. The second kappa shape index (κ2) is 4.97. The largest absolute Gasteiger partial charge is 0.508 e. The van der Waals surface area contributed by atoms with Gasteiger partial charge in [-0.05, 0) is 31.5 Å². The molecule has 1 aliphatic rings. The number of rotatable bonds is 2. The van der Waals surface area contributed by atoms with Crippen molar-refractivity contribution in [3.8, 4) is 5.75 Å². The van der Waals surface area contributed by atoms with Crippen LogP contribution in [0.25, 0.3) is 0 Å². The van der Waals surface area contributed by atoms with E-state index < -0.39 is 24.0 Å². The SMILES string of the molecule is Cc1ccc(NC(=O)C2(C(F)(F)F)CCNC2)cc1O. The molecule has 4 nitrogen and oxygen atoms in total. The van der Waals surface area contributed by atoms with E-state index >= 15 is 0 Å². The minimum Gasteiger partial charge on any atom is -0.508 e. The van der Waals surface area contributed by atoms with Crippen molar-refractivity contribution < 1.29 is 23.1 Å². The normalized spacial score (nSPS) is 22.8. The van der Waals surface area contributed by atoms with Crippen LogP contribution in [0.3, 0.4) is 0 Å². The van der Waals surface area contributed by atoms with E-state index in [4.69, 9.17) is 0 Å². The maximum absolute atomic E-state index is 13.2. The Morgan fingerprint density at radius 2 is 2.15 bits per heavy atom. The fourth-order valence-corrected chi connectivity index (χ4v) is 2.19. The Hall–Kier alpha value is -1.76. The first-order valence-electron chi connectivity index (χ1n) is 6.15. The molecular weight excluding hydrogens is 273 g/mol. The van der Waals surface area contributed by atoms with Gasteiger partial charge in [-0.1, -0.05) is 6.07 Å². The monoisotopic (exact) mass is 288 g/mol. The highest BCUT2D eigenvalue weighted by Gasteiger charge is 2.61. The molecule has 1 aromatic carbocycles. The molecule has 1 aromatic rings. The van der Waals surface area contributed by atoms with Crippen LogP contribution >= 0.6 is 0 Å². The Morgan fingerprint density at radius 1 is 1.45 bits per heavy atom. The first-order valence-corrected chi connectivity index (χ1v) is 6.15. The number of carbonyl (C=O) groups is 1. The number of nitrogens with one attached hydrogen (secondary N) is 2. The second-order valence-electron chi connectivity index (χ2n) is 4.96. The zero-order chi connectivity index (χ0) is 15.0. The van der Waals surface area contributed by atoms with Gasteiger partial charge in [-0.25, -0.2) is 0 Å². The molecule has 1 aliphatic heterocycles. The molecule has 3 N–H and O–H groups in total. The Morgan fingerprint density at radius 3 is 2.65 bits per heavy atom. The number of alkyl halides is 3. The number of aryl methyl sites for hydroxylation is 1. The van der Waals surface area contributed by atoms with Crippen molar-refractivity contribution in [2.45, 2.75) is 19.5 Å². The number of phenols is 1. The maximum atomic E-state index is 13.2. The molecule has 2 rings (SSSR count). The number of benzene rings is 1. The van der Waals surface area contributed by atoms with E-state index in [0.717, 1.165) is 0 Å². The smallest absolute Gasteiger partial charge is 0.404 e. The summed E-state index contributed by atoms with van der Waals surface area (Å²) in [4.78, 5) is 12.0. The predicted octanol–water partition coefficient (Wildman–Crippen LogP) is 2.18. The highest BCUT2D eigenvalue weighted by Crippen LogP contribution is 2.43. The van der Waals surface area contributed by atoms with Crippen LogP contribution in [-0.2, 0) is 4.79 Å². The van der Waals surface area contributed by atoms with Gasteiger partial charge in [0.2, 0.25) is 5.91 Å². The van der Waals surface area contributed by atoms with Crippen molar-refractivity contribution in [2.75, 3.05) is 18.4 Å². The highest BCUT2D eigenvalue weighted by molar-refractivity contribution is 5.96. The first kappa shape index (κ1) is 14.6. The van der Waals surface area contributed by atoms with Crippen molar-refractivity contribution in [1.29, 1.82) is 0 Å². The molecule has 20 heavy (non-hydrogen) atoms. The lowest BCUT2D eigenvalue weighted by molar-refractivity contribution is -0.213. The van der Waals surface area contributed by atoms with Crippen molar-refractivity contribution in [3.05, 3.63) is 23.8 Å². The van der Waals surface area contributed by atoms with Crippen LogP contribution in [0.5, 0.6) is 5.75 Å². The van der Waals surface area contributed by atoms with Crippen LogP contribution in [0.2, 0.25) is 0 Å². The van der Waals surface area contributed by atoms with E-state index in [0.29, 0.717) is 5.56 Å². The predicted molar refractivity (Wildman–Crippen MR) is 67.4 cm³/mol. The van der Waals surface area contributed by atoms with Gasteiger partial charge in [0.25, 0.3) is 0 Å². The number of amides is 1. The van der Waals surface area contributed by atoms with Crippen molar-refractivity contribution in [3.63, 3.8) is 0 Å². The fraction of sp³-hybridized carbons (Fsp3) is 0.462. The number of hydrogen-bond donors (Lipinski definition) is 3. The Labute approximate surface area is 114 Å². The van der Waals surface area contributed by atoms with E-state index in [1.807, 2.05) is 0 Å². The molecule has 0 saturated carbocycles. The number of halogens is 3. The molecule has 1 amide bonds. The molecule has 7 heteroatoms. The van der Waals surface area contributed by atoms with Crippen LogP contribution in [0.15, 0.2) is 18.2 Å². The van der Waals surface area contributed by atoms with Gasteiger partial charge in [0, 0.05) is 18.3 Å². The minimum absolute atomic E-state index is 0.0756. The fourth-order valence-electron chi connectivity index (χ4n) is 2.19. The van der Waals surface area contributed by atoms with Gasteiger partial charge in [-0.3, -0.25) is 4.79 Å². The summed E-state index contributed by atoms with van der Waals surface area (Å²) in [5.74, 6) is -1.17. The molecule has 1 saturated heterocycles. The zero-order valence-electron chi connectivity index (χ0n) is 10.8. The molecule has 1 atom stereocenters. The van der Waals surface area contributed by atoms with Crippen LogP contribution < -0.4 is 10.6 Å². The molecule has 0 aliphatic carbocycles. The molecule has 1 heterocycles. The number of phenolic OH excluding ortho intramolecular Hbond substituents is 1. The molecule has 110 valence electrons. The van der Waals surface area contributed by atoms with Crippen molar-refractivity contribution in [2.24, 2.45) is 5.41 Å². The third-order valence-corrected chi connectivity index (χ3v) is 3.60. The van der Waals surface area contributed by atoms with E-state index in [9.17, 15) is 23.1 Å². The van der Waals surface area contributed by atoms with Crippen molar-refractivity contribution >= 4 is 11.6 Å². The average molecular weight is 288 g/mol. The van der Waals surface area contributed by atoms with Crippen LogP contribution in [0.1, 0.15) is 12.0 Å². The van der Waals surface area contributed by atoms with Gasteiger partial charge >= 0.3 is 6.18 Å². The van der Waals surface area contributed by atoms with E-state index in [2.05, 4.69) is 10.6 Å². The zero-order valence-corrected chi connectivity index (χ0v) is 10.8. The quantitative estimate of drug-likeness (QED) is 0.781. The average Bonchev–Trinajstić information content (AvgIpc) is 2.84.